The maximum atomic E-state index is 12.4. The van der Waals surface area contributed by atoms with Crippen molar-refractivity contribution in [1.29, 1.82) is 0 Å². The van der Waals surface area contributed by atoms with Crippen molar-refractivity contribution in [1.82, 2.24) is 19.8 Å². The smallest absolute Gasteiger partial charge is 0.319 e. The lowest BCUT2D eigenvalue weighted by Crippen LogP contribution is -2.37. The first-order valence-corrected chi connectivity index (χ1v) is 6.62. The summed E-state index contributed by atoms with van der Waals surface area (Å²) in [6.45, 7) is 2.20. The number of fused-ring (bicyclic) bond motifs is 1. The highest BCUT2D eigenvalue weighted by Gasteiger charge is 2.48. The van der Waals surface area contributed by atoms with Crippen molar-refractivity contribution in [3.05, 3.63) is 24.2 Å². The van der Waals surface area contributed by atoms with Crippen LogP contribution in [-0.2, 0) is 14.9 Å². The molecular formula is C13H16N4O2. The molecule has 0 spiro atoms. The Morgan fingerprint density at radius 2 is 2.21 bits per heavy atom. The zero-order valence-electron chi connectivity index (χ0n) is 10.9. The van der Waals surface area contributed by atoms with E-state index in [4.69, 9.17) is 4.74 Å². The highest BCUT2D eigenvalue weighted by molar-refractivity contribution is 5.82. The fourth-order valence-electron chi connectivity index (χ4n) is 2.81. The van der Waals surface area contributed by atoms with Crippen molar-refractivity contribution in [3.63, 3.8) is 0 Å². The van der Waals surface area contributed by atoms with Crippen LogP contribution in [0, 0.1) is 0 Å². The van der Waals surface area contributed by atoms with Gasteiger partial charge in [-0.25, -0.2) is 0 Å². The summed E-state index contributed by atoms with van der Waals surface area (Å²) in [5.74, 6) is 0.409. The van der Waals surface area contributed by atoms with Gasteiger partial charge in [-0.2, -0.15) is 9.61 Å². The van der Waals surface area contributed by atoms with Gasteiger partial charge < -0.3 is 4.74 Å². The Hall–Kier alpha value is -1.98. The van der Waals surface area contributed by atoms with Gasteiger partial charge in [0, 0.05) is 6.20 Å². The average Bonchev–Trinajstić information content (AvgIpc) is 3.06. The van der Waals surface area contributed by atoms with Crippen molar-refractivity contribution < 1.29 is 9.53 Å². The van der Waals surface area contributed by atoms with E-state index in [1.54, 1.807) is 16.8 Å². The van der Waals surface area contributed by atoms with E-state index >= 15 is 0 Å². The Labute approximate surface area is 110 Å². The second-order valence-electron chi connectivity index (χ2n) is 4.83. The normalized spacial score (nSPS) is 17.7. The molecule has 1 aliphatic carbocycles. The third-order valence-corrected chi connectivity index (χ3v) is 3.73. The molecule has 0 bridgehead atoms. The second kappa shape index (κ2) is 4.60. The minimum absolute atomic E-state index is 0.201. The van der Waals surface area contributed by atoms with Crippen molar-refractivity contribution >= 4 is 11.6 Å². The Morgan fingerprint density at radius 3 is 2.95 bits per heavy atom. The van der Waals surface area contributed by atoms with Crippen molar-refractivity contribution in [2.45, 2.75) is 38.0 Å². The summed E-state index contributed by atoms with van der Waals surface area (Å²) >= 11 is 0. The van der Waals surface area contributed by atoms with E-state index in [0.29, 0.717) is 18.1 Å². The summed E-state index contributed by atoms with van der Waals surface area (Å²) in [5.41, 5.74) is -0.0166. The van der Waals surface area contributed by atoms with Crippen LogP contribution in [0.3, 0.4) is 0 Å². The lowest BCUT2D eigenvalue weighted by atomic mass is 9.85. The summed E-state index contributed by atoms with van der Waals surface area (Å²) in [6.07, 6.45) is 5.18. The predicted molar refractivity (Wildman–Crippen MR) is 67.6 cm³/mol. The summed E-state index contributed by atoms with van der Waals surface area (Å²) < 4.78 is 6.91. The van der Waals surface area contributed by atoms with Gasteiger partial charge >= 0.3 is 5.97 Å². The third kappa shape index (κ3) is 1.78. The average molecular weight is 260 g/mol. The highest BCUT2D eigenvalue weighted by Crippen LogP contribution is 2.41. The largest absolute Gasteiger partial charge is 0.465 e. The van der Waals surface area contributed by atoms with Gasteiger partial charge in [-0.1, -0.05) is 12.8 Å². The lowest BCUT2D eigenvalue weighted by molar-refractivity contribution is -0.150. The third-order valence-electron chi connectivity index (χ3n) is 3.73. The van der Waals surface area contributed by atoms with Crippen LogP contribution >= 0.6 is 0 Å². The van der Waals surface area contributed by atoms with Crippen LogP contribution in [0.5, 0.6) is 0 Å². The van der Waals surface area contributed by atoms with Crippen molar-refractivity contribution in [3.8, 4) is 0 Å². The van der Waals surface area contributed by atoms with Crippen LogP contribution in [0.25, 0.3) is 5.65 Å². The summed E-state index contributed by atoms with van der Waals surface area (Å²) in [7, 11) is 0. The molecule has 0 atom stereocenters. The standard InChI is InChI=1S/C13H16N4O2/c1-2-19-12(18)13(7-3-4-8-13)11-16-15-10-6-5-9-14-17(10)11/h5-6,9H,2-4,7-8H2,1H3. The number of hydrogen-bond donors (Lipinski definition) is 0. The van der Waals surface area contributed by atoms with Gasteiger partial charge in [0.05, 0.1) is 6.61 Å². The van der Waals surface area contributed by atoms with Crippen LogP contribution < -0.4 is 0 Å². The maximum Gasteiger partial charge on any atom is 0.319 e. The number of ether oxygens (including phenoxy) is 1. The predicted octanol–water partition coefficient (Wildman–Crippen LogP) is 1.50. The van der Waals surface area contributed by atoms with Crippen molar-refractivity contribution in [2.75, 3.05) is 6.61 Å². The molecule has 0 unspecified atom stereocenters. The zero-order chi connectivity index (χ0) is 13.3. The molecule has 1 aliphatic rings. The van der Waals surface area contributed by atoms with E-state index in [9.17, 15) is 4.79 Å². The molecule has 6 nitrogen and oxygen atoms in total. The number of aromatic nitrogens is 4. The lowest BCUT2D eigenvalue weighted by Gasteiger charge is -2.23. The molecule has 1 saturated carbocycles. The van der Waals surface area contributed by atoms with E-state index in [2.05, 4.69) is 15.3 Å². The zero-order valence-corrected chi connectivity index (χ0v) is 10.9. The van der Waals surface area contributed by atoms with Crippen LogP contribution in [0.15, 0.2) is 18.3 Å². The van der Waals surface area contributed by atoms with Gasteiger partial charge in [0.25, 0.3) is 0 Å². The molecule has 0 N–H and O–H groups in total. The fraction of sp³-hybridized carbons (Fsp3) is 0.538. The minimum atomic E-state index is -0.677. The maximum absolute atomic E-state index is 12.4. The van der Waals surface area contributed by atoms with Gasteiger partial charge in [0.2, 0.25) is 0 Å². The van der Waals surface area contributed by atoms with Gasteiger partial charge in [0.15, 0.2) is 11.5 Å². The Morgan fingerprint density at radius 1 is 1.42 bits per heavy atom. The van der Waals surface area contributed by atoms with Crippen LogP contribution in [0.4, 0.5) is 0 Å². The van der Waals surface area contributed by atoms with Crippen LogP contribution in [0.1, 0.15) is 38.4 Å². The molecule has 0 amide bonds. The molecule has 0 aromatic carbocycles. The summed E-state index contributed by atoms with van der Waals surface area (Å²) in [6, 6.07) is 3.64. The summed E-state index contributed by atoms with van der Waals surface area (Å²) in [4.78, 5) is 12.4. The fourth-order valence-corrected chi connectivity index (χ4v) is 2.81. The van der Waals surface area contributed by atoms with Gasteiger partial charge in [0.1, 0.15) is 5.41 Å². The van der Waals surface area contributed by atoms with Crippen LogP contribution in [-0.4, -0.2) is 32.4 Å². The summed E-state index contributed by atoms with van der Waals surface area (Å²) in [5, 5.41) is 12.6. The number of carbonyl (C=O) groups excluding carboxylic acids is 1. The number of nitrogens with zero attached hydrogens (tertiary/aromatic N) is 4. The molecule has 0 saturated heterocycles. The van der Waals surface area contributed by atoms with Gasteiger partial charge in [-0.05, 0) is 31.9 Å². The van der Waals surface area contributed by atoms with E-state index in [-0.39, 0.29) is 5.97 Å². The molecule has 19 heavy (non-hydrogen) atoms. The molecular weight excluding hydrogens is 244 g/mol. The van der Waals surface area contributed by atoms with E-state index in [1.807, 2.05) is 13.0 Å². The molecule has 100 valence electrons. The minimum Gasteiger partial charge on any atom is -0.465 e. The number of rotatable bonds is 3. The molecule has 2 aromatic rings. The Balaban J connectivity index is 2.12. The van der Waals surface area contributed by atoms with E-state index < -0.39 is 5.41 Å². The number of carbonyl (C=O) groups is 1. The quantitative estimate of drug-likeness (QED) is 0.782. The molecule has 1 fully saturated rings. The molecule has 3 rings (SSSR count). The SMILES string of the molecule is CCOC(=O)C1(c2nnc3cccnn23)CCCC1. The first-order valence-electron chi connectivity index (χ1n) is 6.62. The first-order chi connectivity index (χ1) is 9.28. The topological polar surface area (TPSA) is 69.4 Å². The van der Waals surface area contributed by atoms with Gasteiger partial charge in [-0.3, -0.25) is 4.79 Å². The monoisotopic (exact) mass is 260 g/mol. The molecule has 0 aliphatic heterocycles. The molecule has 0 radical (unpaired) electrons. The number of hydrogen-bond acceptors (Lipinski definition) is 5. The Bertz CT molecular complexity index is 601. The Kier molecular flexibility index (Phi) is 2.93. The van der Waals surface area contributed by atoms with E-state index in [1.165, 1.54) is 0 Å². The first kappa shape index (κ1) is 12.1. The van der Waals surface area contributed by atoms with Gasteiger partial charge in [-0.15, -0.1) is 10.2 Å². The van der Waals surface area contributed by atoms with Crippen molar-refractivity contribution in [2.24, 2.45) is 0 Å². The molecule has 2 aromatic heterocycles. The molecule has 2 heterocycles. The van der Waals surface area contributed by atoms with E-state index in [0.717, 1.165) is 25.7 Å². The van der Waals surface area contributed by atoms with Crippen LogP contribution in [0.2, 0.25) is 0 Å². The molecule has 6 heteroatoms. The highest BCUT2D eigenvalue weighted by atomic mass is 16.5. The number of esters is 1. The second-order valence-corrected chi connectivity index (χ2v) is 4.83.